The average molecular weight is 287 g/mol. The second-order valence-electron chi connectivity index (χ2n) is 3.32. The maximum absolute atomic E-state index is 11.6. The second kappa shape index (κ2) is 5.60. The number of halogens is 1. The van der Waals surface area contributed by atoms with Gasteiger partial charge >= 0.3 is 5.97 Å². The van der Waals surface area contributed by atoms with Crippen LogP contribution < -0.4 is 5.32 Å². The van der Waals surface area contributed by atoms with Gasteiger partial charge in [-0.1, -0.05) is 6.07 Å². The van der Waals surface area contributed by atoms with E-state index in [1.165, 1.54) is 0 Å². The molecule has 2 N–H and O–H groups in total. The van der Waals surface area contributed by atoms with Crippen LogP contribution in [0.3, 0.4) is 0 Å². The summed E-state index contributed by atoms with van der Waals surface area (Å²) < 4.78 is 0.561. The fraction of sp³-hybridized carbons (Fsp3) is 0.300. The molecular weight excluding hydrogens is 276 g/mol. The predicted molar refractivity (Wildman–Crippen MR) is 61.1 cm³/mol. The fourth-order valence-electron chi connectivity index (χ4n) is 1.15. The fourth-order valence-corrected chi connectivity index (χ4v) is 1.49. The highest BCUT2D eigenvalue weighted by Gasteiger charge is 2.13. The van der Waals surface area contributed by atoms with Crippen molar-refractivity contribution in [1.29, 1.82) is 0 Å². The van der Waals surface area contributed by atoms with Crippen LogP contribution in [0.2, 0.25) is 0 Å². The van der Waals surface area contributed by atoms with Crippen molar-refractivity contribution < 1.29 is 14.7 Å². The summed E-state index contributed by atoms with van der Waals surface area (Å²) in [5, 5.41) is 11.1. The molecule has 1 atom stereocenters. The summed E-state index contributed by atoms with van der Waals surface area (Å²) in [6.45, 7) is 1.63. The van der Waals surface area contributed by atoms with E-state index in [9.17, 15) is 9.59 Å². The maximum atomic E-state index is 11.6. The van der Waals surface area contributed by atoms with Gasteiger partial charge in [0, 0.05) is 6.04 Å². The molecule has 0 spiro atoms. The van der Waals surface area contributed by atoms with Gasteiger partial charge in [-0.3, -0.25) is 9.59 Å². The summed E-state index contributed by atoms with van der Waals surface area (Å²) in [4.78, 5) is 26.0. The van der Waals surface area contributed by atoms with Crippen LogP contribution in [0, 0.1) is 0 Å². The van der Waals surface area contributed by atoms with Crippen molar-refractivity contribution >= 4 is 27.8 Å². The predicted octanol–water partition coefficient (Wildman–Crippen LogP) is 1.44. The van der Waals surface area contributed by atoms with Gasteiger partial charge in [-0.2, -0.15) is 0 Å². The molecule has 0 saturated carbocycles. The summed E-state index contributed by atoms with van der Waals surface area (Å²) >= 11 is 3.15. The van der Waals surface area contributed by atoms with E-state index in [0.29, 0.717) is 4.60 Å². The highest BCUT2D eigenvalue weighted by Crippen LogP contribution is 2.06. The molecule has 16 heavy (non-hydrogen) atoms. The number of carboxylic acid groups (broad SMARTS) is 1. The van der Waals surface area contributed by atoms with E-state index >= 15 is 0 Å². The molecule has 1 amide bonds. The van der Waals surface area contributed by atoms with Crippen molar-refractivity contribution in [2.75, 3.05) is 0 Å². The number of rotatable bonds is 4. The zero-order chi connectivity index (χ0) is 12.1. The minimum absolute atomic E-state index is 0.111. The molecule has 0 aliphatic carbocycles. The average Bonchev–Trinajstić information content (AvgIpc) is 2.16. The van der Waals surface area contributed by atoms with Gasteiger partial charge in [0.15, 0.2) is 0 Å². The molecule has 0 radical (unpaired) electrons. The molecule has 1 unspecified atom stereocenters. The lowest BCUT2D eigenvalue weighted by molar-refractivity contribution is -0.137. The first kappa shape index (κ1) is 12.6. The maximum Gasteiger partial charge on any atom is 0.305 e. The highest BCUT2D eigenvalue weighted by molar-refractivity contribution is 9.10. The van der Waals surface area contributed by atoms with E-state index in [0.717, 1.165) is 0 Å². The number of carboxylic acids is 1. The molecule has 1 heterocycles. The zero-order valence-corrected chi connectivity index (χ0v) is 10.2. The van der Waals surface area contributed by atoms with Crippen LogP contribution in [-0.2, 0) is 4.79 Å². The molecular formula is C10H11BrN2O3. The van der Waals surface area contributed by atoms with Crippen molar-refractivity contribution in [3.05, 3.63) is 28.5 Å². The van der Waals surface area contributed by atoms with Crippen LogP contribution >= 0.6 is 15.9 Å². The van der Waals surface area contributed by atoms with Gasteiger partial charge in [0.25, 0.3) is 5.91 Å². The highest BCUT2D eigenvalue weighted by atomic mass is 79.9. The summed E-state index contributed by atoms with van der Waals surface area (Å²) in [5.41, 5.74) is 0.256. The Kier molecular flexibility index (Phi) is 4.42. The Bertz CT molecular complexity index is 409. The molecule has 1 aromatic rings. The molecule has 0 bridgehead atoms. The third kappa shape index (κ3) is 3.98. The van der Waals surface area contributed by atoms with Gasteiger partial charge in [-0.15, -0.1) is 0 Å². The Morgan fingerprint density at radius 3 is 2.81 bits per heavy atom. The minimum atomic E-state index is -0.949. The number of amides is 1. The van der Waals surface area contributed by atoms with Crippen LogP contribution in [0.25, 0.3) is 0 Å². The molecule has 0 aromatic carbocycles. The number of carbonyl (C=O) groups excluding carboxylic acids is 1. The van der Waals surface area contributed by atoms with Gasteiger partial charge in [0.05, 0.1) is 6.42 Å². The van der Waals surface area contributed by atoms with E-state index in [1.54, 1.807) is 25.1 Å². The third-order valence-corrected chi connectivity index (χ3v) is 2.25. The third-order valence-electron chi connectivity index (χ3n) is 1.81. The van der Waals surface area contributed by atoms with E-state index in [4.69, 9.17) is 5.11 Å². The SMILES string of the molecule is CC(CC(=O)O)NC(=O)c1cccc(Br)n1. The Morgan fingerprint density at radius 2 is 2.25 bits per heavy atom. The lowest BCUT2D eigenvalue weighted by Crippen LogP contribution is -2.34. The molecule has 0 saturated heterocycles. The topological polar surface area (TPSA) is 79.3 Å². The van der Waals surface area contributed by atoms with Gasteiger partial charge in [-0.25, -0.2) is 4.98 Å². The standard InChI is InChI=1S/C10H11BrN2O3/c1-6(5-9(14)15)12-10(16)7-3-2-4-8(11)13-7/h2-4,6H,5H2,1H3,(H,12,16)(H,14,15). The normalized spacial score (nSPS) is 11.9. The van der Waals surface area contributed by atoms with Crippen molar-refractivity contribution in [3.8, 4) is 0 Å². The van der Waals surface area contributed by atoms with E-state index in [-0.39, 0.29) is 18.0 Å². The molecule has 1 rings (SSSR count). The van der Waals surface area contributed by atoms with Gasteiger partial charge in [0.1, 0.15) is 10.3 Å². The number of pyridine rings is 1. The van der Waals surface area contributed by atoms with Gasteiger partial charge in [0.2, 0.25) is 0 Å². The van der Waals surface area contributed by atoms with Crippen LogP contribution in [0.15, 0.2) is 22.8 Å². The Balaban J connectivity index is 2.62. The second-order valence-corrected chi connectivity index (χ2v) is 4.13. The summed E-state index contributed by atoms with van der Waals surface area (Å²) in [7, 11) is 0. The molecule has 5 nitrogen and oxygen atoms in total. The first-order chi connectivity index (χ1) is 7.49. The first-order valence-corrected chi connectivity index (χ1v) is 5.43. The van der Waals surface area contributed by atoms with Crippen LogP contribution in [-0.4, -0.2) is 28.0 Å². The zero-order valence-electron chi connectivity index (χ0n) is 8.61. The summed E-state index contributed by atoms with van der Waals surface area (Å²) in [6, 6.07) is 4.53. The largest absolute Gasteiger partial charge is 0.481 e. The molecule has 0 aliphatic heterocycles. The summed E-state index contributed by atoms with van der Waals surface area (Å²) in [6.07, 6.45) is -0.111. The van der Waals surface area contributed by atoms with Crippen molar-refractivity contribution in [2.45, 2.75) is 19.4 Å². The van der Waals surface area contributed by atoms with Crippen molar-refractivity contribution in [1.82, 2.24) is 10.3 Å². The van der Waals surface area contributed by atoms with Gasteiger partial charge in [-0.05, 0) is 35.0 Å². The molecule has 1 aromatic heterocycles. The minimum Gasteiger partial charge on any atom is -0.481 e. The molecule has 0 aliphatic rings. The Morgan fingerprint density at radius 1 is 1.56 bits per heavy atom. The first-order valence-electron chi connectivity index (χ1n) is 4.64. The van der Waals surface area contributed by atoms with Crippen LogP contribution in [0.5, 0.6) is 0 Å². The number of carbonyl (C=O) groups is 2. The lowest BCUT2D eigenvalue weighted by atomic mass is 10.2. The Labute approximate surface area is 101 Å². The number of hydrogen-bond donors (Lipinski definition) is 2. The van der Waals surface area contributed by atoms with Crippen LogP contribution in [0.1, 0.15) is 23.8 Å². The van der Waals surface area contributed by atoms with E-state index in [1.807, 2.05) is 0 Å². The smallest absolute Gasteiger partial charge is 0.305 e. The van der Waals surface area contributed by atoms with Crippen molar-refractivity contribution in [2.24, 2.45) is 0 Å². The molecule has 86 valence electrons. The number of hydrogen-bond acceptors (Lipinski definition) is 3. The molecule has 0 fully saturated rings. The monoisotopic (exact) mass is 286 g/mol. The van der Waals surface area contributed by atoms with E-state index in [2.05, 4.69) is 26.2 Å². The van der Waals surface area contributed by atoms with Gasteiger partial charge < -0.3 is 10.4 Å². The number of aliphatic carboxylic acids is 1. The van der Waals surface area contributed by atoms with Crippen molar-refractivity contribution in [3.63, 3.8) is 0 Å². The number of nitrogens with zero attached hydrogens (tertiary/aromatic N) is 1. The number of aromatic nitrogens is 1. The quantitative estimate of drug-likeness (QED) is 0.821. The summed E-state index contributed by atoms with van der Waals surface area (Å²) in [5.74, 6) is -1.33. The molecule has 6 heteroatoms. The Hall–Kier alpha value is -1.43. The lowest BCUT2D eigenvalue weighted by Gasteiger charge is -2.10. The number of nitrogens with one attached hydrogen (secondary N) is 1. The van der Waals surface area contributed by atoms with Crippen LogP contribution in [0.4, 0.5) is 0 Å². The van der Waals surface area contributed by atoms with E-state index < -0.39 is 12.0 Å².